The lowest BCUT2D eigenvalue weighted by Gasteiger charge is -2.10. The predicted octanol–water partition coefficient (Wildman–Crippen LogP) is 1.57. The molecule has 1 aromatic heterocycles. The molecule has 1 aromatic carbocycles. The molecule has 2 aromatic rings. The molecule has 5 nitrogen and oxygen atoms in total. The van der Waals surface area contributed by atoms with Crippen LogP contribution in [0.1, 0.15) is 16.9 Å². The van der Waals surface area contributed by atoms with Crippen LogP contribution in [0.5, 0.6) is 0 Å². The van der Waals surface area contributed by atoms with E-state index in [4.69, 9.17) is 0 Å². The maximum Gasteiger partial charge on any atom is 0.271 e. The van der Waals surface area contributed by atoms with E-state index in [0.717, 1.165) is 30.5 Å². The molecule has 108 valence electrons. The Morgan fingerprint density at radius 3 is 2.70 bits per heavy atom. The Hall–Kier alpha value is -1.43. The van der Waals surface area contributed by atoms with Crippen molar-refractivity contribution in [2.24, 2.45) is 0 Å². The number of rotatable bonds is 2. The first-order valence-electron chi connectivity index (χ1n) is 6.06. The summed E-state index contributed by atoms with van der Waals surface area (Å²) >= 11 is 0. The van der Waals surface area contributed by atoms with Crippen LogP contribution in [0.4, 0.5) is 0 Å². The number of fused-ring (bicyclic) bond motifs is 1. The van der Waals surface area contributed by atoms with Gasteiger partial charge in [0.1, 0.15) is 5.69 Å². The van der Waals surface area contributed by atoms with Crippen LogP contribution in [0.3, 0.4) is 0 Å². The largest absolute Gasteiger partial charge is 0.347 e. The Labute approximate surface area is 129 Å². The van der Waals surface area contributed by atoms with E-state index in [1.54, 1.807) is 0 Å². The molecule has 3 rings (SSSR count). The normalized spacial score (nSPS) is 17.1. The standard InChI is InChI=1S/C13H14N4O.2ClH/c18-13(16-9-5-6-14-7-9)12-8-15-10-3-1-2-4-11(10)17-12;;/h1-4,8-9,14H,5-7H2,(H,16,18);2*1H. The first-order valence-corrected chi connectivity index (χ1v) is 6.06. The lowest BCUT2D eigenvalue weighted by Crippen LogP contribution is -2.36. The average Bonchev–Trinajstić information content (AvgIpc) is 2.91. The third-order valence-electron chi connectivity index (χ3n) is 3.08. The van der Waals surface area contributed by atoms with Gasteiger partial charge in [0.2, 0.25) is 0 Å². The highest BCUT2D eigenvalue weighted by Gasteiger charge is 2.18. The van der Waals surface area contributed by atoms with Gasteiger partial charge in [-0.3, -0.25) is 9.78 Å². The molecule has 1 unspecified atom stereocenters. The van der Waals surface area contributed by atoms with E-state index < -0.39 is 0 Å². The zero-order valence-corrected chi connectivity index (χ0v) is 12.3. The Morgan fingerprint density at radius 2 is 2.00 bits per heavy atom. The smallest absolute Gasteiger partial charge is 0.271 e. The summed E-state index contributed by atoms with van der Waals surface area (Å²) in [4.78, 5) is 20.6. The topological polar surface area (TPSA) is 66.9 Å². The molecule has 1 fully saturated rings. The molecule has 20 heavy (non-hydrogen) atoms. The second kappa shape index (κ2) is 7.38. The van der Waals surface area contributed by atoms with E-state index in [9.17, 15) is 4.79 Å². The molecular weight excluding hydrogens is 299 g/mol. The number of carbonyl (C=O) groups is 1. The van der Waals surface area contributed by atoms with Crippen molar-refractivity contribution in [1.29, 1.82) is 0 Å². The summed E-state index contributed by atoms with van der Waals surface area (Å²) in [5.74, 6) is -0.151. The van der Waals surface area contributed by atoms with Gasteiger partial charge in [-0.15, -0.1) is 24.8 Å². The second-order valence-electron chi connectivity index (χ2n) is 4.41. The summed E-state index contributed by atoms with van der Waals surface area (Å²) in [7, 11) is 0. The van der Waals surface area contributed by atoms with Crippen LogP contribution in [0.2, 0.25) is 0 Å². The Kier molecular flexibility index (Phi) is 6.13. The summed E-state index contributed by atoms with van der Waals surface area (Å²) in [5, 5.41) is 6.16. The number of benzene rings is 1. The van der Waals surface area contributed by atoms with Crippen LogP contribution in [-0.4, -0.2) is 35.0 Å². The third-order valence-corrected chi connectivity index (χ3v) is 3.08. The molecule has 1 atom stereocenters. The highest BCUT2D eigenvalue weighted by Crippen LogP contribution is 2.08. The van der Waals surface area contributed by atoms with E-state index in [1.165, 1.54) is 6.20 Å². The van der Waals surface area contributed by atoms with Crippen molar-refractivity contribution in [2.45, 2.75) is 12.5 Å². The molecule has 0 aliphatic carbocycles. The van der Waals surface area contributed by atoms with Crippen LogP contribution in [0, 0.1) is 0 Å². The van der Waals surface area contributed by atoms with Gasteiger partial charge in [-0.05, 0) is 25.1 Å². The number of nitrogens with one attached hydrogen (secondary N) is 2. The third kappa shape index (κ3) is 3.56. The van der Waals surface area contributed by atoms with Gasteiger partial charge >= 0.3 is 0 Å². The Morgan fingerprint density at radius 1 is 1.25 bits per heavy atom. The number of nitrogens with zero attached hydrogens (tertiary/aromatic N) is 2. The van der Waals surface area contributed by atoms with Crippen molar-refractivity contribution in [2.75, 3.05) is 13.1 Å². The van der Waals surface area contributed by atoms with Gasteiger partial charge in [0.05, 0.1) is 17.2 Å². The molecule has 2 heterocycles. The quantitative estimate of drug-likeness (QED) is 0.883. The monoisotopic (exact) mass is 314 g/mol. The fourth-order valence-electron chi connectivity index (χ4n) is 2.10. The van der Waals surface area contributed by atoms with Crippen LogP contribution < -0.4 is 10.6 Å². The van der Waals surface area contributed by atoms with Crippen molar-refractivity contribution in [3.63, 3.8) is 0 Å². The number of hydrogen-bond donors (Lipinski definition) is 2. The highest BCUT2D eigenvalue weighted by atomic mass is 35.5. The minimum absolute atomic E-state index is 0. The first-order chi connectivity index (χ1) is 8.83. The van der Waals surface area contributed by atoms with Gasteiger partial charge in [-0.1, -0.05) is 12.1 Å². The molecule has 1 saturated heterocycles. The van der Waals surface area contributed by atoms with Crippen molar-refractivity contribution in [3.8, 4) is 0 Å². The van der Waals surface area contributed by atoms with E-state index >= 15 is 0 Å². The zero-order valence-electron chi connectivity index (χ0n) is 10.7. The number of halogens is 2. The highest BCUT2D eigenvalue weighted by molar-refractivity contribution is 5.93. The minimum Gasteiger partial charge on any atom is -0.347 e. The van der Waals surface area contributed by atoms with E-state index in [2.05, 4.69) is 20.6 Å². The molecule has 0 bridgehead atoms. The summed E-state index contributed by atoms with van der Waals surface area (Å²) in [6.07, 6.45) is 2.49. The molecule has 1 amide bonds. The molecule has 0 radical (unpaired) electrons. The fourth-order valence-corrected chi connectivity index (χ4v) is 2.10. The SMILES string of the molecule is Cl.Cl.O=C(NC1CCNC1)c1cnc2ccccc2n1. The van der Waals surface area contributed by atoms with Crippen LogP contribution in [-0.2, 0) is 0 Å². The lowest BCUT2D eigenvalue weighted by molar-refractivity contribution is 0.0935. The predicted molar refractivity (Wildman–Crippen MR) is 82.8 cm³/mol. The van der Waals surface area contributed by atoms with Gasteiger partial charge in [-0.25, -0.2) is 4.98 Å². The second-order valence-corrected chi connectivity index (χ2v) is 4.41. The number of para-hydroxylation sites is 2. The molecule has 2 N–H and O–H groups in total. The van der Waals surface area contributed by atoms with Crippen molar-refractivity contribution >= 4 is 41.8 Å². The summed E-state index contributed by atoms with van der Waals surface area (Å²) in [6.45, 7) is 1.78. The Bertz CT molecular complexity index is 587. The van der Waals surface area contributed by atoms with E-state index in [0.29, 0.717) is 5.69 Å². The maximum absolute atomic E-state index is 12.0. The summed E-state index contributed by atoms with van der Waals surface area (Å²) < 4.78 is 0. The molecule has 1 aliphatic rings. The summed E-state index contributed by atoms with van der Waals surface area (Å²) in [6, 6.07) is 7.73. The molecule has 1 aliphatic heterocycles. The Balaban J connectivity index is 0.000001000. The van der Waals surface area contributed by atoms with E-state index in [1.807, 2.05) is 24.3 Å². The van der Waals surface area contributed by atoms with Gasteiger partial charge in [0, 0.05) is 12.6 Å². The molecule has 7 heteroatoms. The number of hydrogen-bond acceptors (Lipinski definition) is 4. The van der Waals surface area contributed by atoms with Gasteiger partial charge < -0.3 is 10.6 Å². The van der Waals surface area contributed by atoms with Crippen molar-refractivity contribution in [1.82, 2.24) is 20.6 Å². The van der Waals surface area contributed by atoms with Gasteiger partial charge in [-0.2, -0.15) is 0 Å². The molecule has 0 spiro atoms. The molecular formula is C13H16Cl2N4O. The van der Waals surface area contributed by atoms with E-state index in [-0.39, 0.29) is 36.8 Å². The van der Waals surface area contributed by atoms with Crippen molar-refractivity contribution < 1.29 is 4.79 Å². The van der Waals surface area contributed by atoms with Crippen LogP contribution in [0.15, 0.2) is 30.5 Å². The number of carbonyl (C=O) groups excluding carboxylic acids is 1. The first kappa shape index (κ1) is 16.6. The van der Waals surface area contributed by atoms with Crippen LogP contribution >= 0.6 is 24.8 Å². The number of amides is 1. The lowest BCUT2D eigenvalue weighted by atomic mass is 10.2. The average molecular weight is 315 g/mol. The number of aromatic nitrogens is 2. The zero-order chi connectivity index (χ0) is 12.4. The maximum atomic E-state index is 12.0. The van der Waals surface area contributed by atoms with Gasteiger partial charge in [0.15, 0.2) is 0 Å². The van der Waals surface area contributed by atoms with Crippen LogP contribution in [0.25, 0.3) is 11.0 Å². The fraction of sp³-hybridized carbons (Fsp3) is 0.308. The summed E-state index contributed by atoms with van der Waals surface area (Å²) in [5.41, 5.74) is 1.92. The minimum atomic E-state index is -0.151. The van der Waals surface area contributed by atoms with Crippen molar-refractivity contribution in [3.05, 3.63) is 36.2 Å². The molecule has 0 saturated carbocycles. The van der Waals surface area contributed by atoms with Gasteiger partial charge in [0.25, 0.3) is 5.91 Å².